The summed E-state index contributed by atoms with van der Waals surface area (Å²) in [6.07, 6.45) is 7.20. The Morgan fingerprint density at radius 2 is 1.89 bits per heavy atom. The van der Waals surface area contributed by atoms with Gasteiger partial charge in [-0.1, -0.05) is 0 Å². The molecule has 1 saturated carbocycles. The number of ether oxygens (including phenoxy) is 1. The monoisotopic (exact) mass is 479 g/mol. The summed E-state index contributed by atoms with van der Waals surface area (Å²) in [4.78, 5) is 23.9. The van der Waals surface area contributed by atoms with Crippen molar-refractivity contribution in [3.63, 3.8) is 0 Å². The summed E-state index contributed by atoms with van der Waals surface area (Å²) in [5, 5.41) is 21.0. The summed E-state index contributed by atoms with van der Waals surface area (Å²) in [5.74, 6) is 1.50. The lowest BCUT2D eigenvalue weighted by molar-refractivity contribution is 0.0892. The molecule has 1 aromatic carbocycles. The van der Waals surface area contributed by atoms with E-state index in [2.05, 4.69) is 15.5 Å². The standard InChI is InChI=1S/C25H33N7O3/c1-26-25(34)28-17-7-5-16(6-8-17)22-29-23(31-13-3-4-20(15-31)35-2)21-14-27-32(24(21)30-22)18-9-11-19(33)12-10-18/h5-8,14,18-20,33H,3-4,9-13,15H2,1-2H3,(H2,26,28,34). The highest BCUT2D eigenvalue weighted by Crippen LogP contribution is 2.34. The number of rotatable bonds is 5. The first-order chi connectivity index (χ1) is 17.1. The molecule has 2 amide bonds. The Labute approximate surface area is 204 Å². The number of fused-ring (bicyclic) bond motifs is 1. The van der Waals surface area contributed by atoms with Crippen LogP contribution in [0.2, 0.25) is 0 Å². The first kappa shape index (κ1) is 23.5. The van der Waals surface area contributed by atoms with Gasteiger partial charge in [0, 0.05) is 38.5 Å². The molecule has 1 aliphatic carbocycles. The van der Waals surface area contributed by atoms with Crippen LogP contribution in [-0.4, -0.2) is 70.3 Å². The summed E-state index contributed by atoms with van der Waals surface area (Å²) in [6, 6.07) is 7.47. The van der Waals surface area contributed by atoms with Crippen molar-refractivity contribution >= 4 is 28.6 Å². The molecule has 10 nitrogen and oxygen atoms in total. The molecular weight excluding hydrogens is 446 g/mol. The molecule has 3 aromatic rings. The largest absolute Gasteiger partial charge is 0.393 e. The Hall–Kier alpha value is -3.24. The van der Waals surface area contributed by atoms with Crippen LogP contribution in [-0.2, 0) is 4.74 Å². The van der Waals surface area contributed by atoms with Gasteiger partial charge >= 0.3 is 6.03 Å². The van der Waals surface area contributed by atoms with Crippen LogP contribution in [0, 0.1) is 0 Å². The second kappa shape index (κ2) is 10.2. The minimum Gasteiger partial charge on any atom is -0.393 e. The Morgan fingerprint density at radius 1 is 1.11 bits per heavy atom. The smallest absolute Gasteiger partial charge is 0.318 e. The minimum absolute atomic E-state index is 0.169. The Balaban J connectivity index is 1.55. The van der Waals surface area contributed by atoms with Crippen molar-refractivity contribution in [1.82, 2.24) is 25.1 Å². The van der Waals surface area contributed by atoms with Gasteiger partial charge < -0.3 is 25.4 Å². The van der Waals surface area contributed by atoms with Gasteiger partial charge in [-0.3, -0.25) is 0 Å². The quantitative estimate of drug-likeness (QED) is 0.514. The average Bonchev–Trinajstić information content (AvgIpc) is 3.33. The van der Waals surface area contributed by atoms with Gasteiger partial charge in [0.2, 0.25) is 0 Å². The van der Waals surface area contributed by atoms with E-state index in [0.29, 0.717) is 11.5 Å². The van der Waals surface area contributed by atoms with E-state index in [1.54, 1.807) is 14.2 Å². The molecule has 1 unspecified atom stereocenters. The van der Waals surface area contributed by atoms with E-state index >= 15 is 0 Å². The summed E-state index contributed by atoms with van der Waals surface area (Å²) < 4.78 is 7.69. The van der Waals surface area contributed by atoms with Crippen LogP contribution >= 0.6 is 0 Å². The maximum Gasteiger partial charge on any atom is 0.318 e. The molecule has 2 aliphatic rings. The van der Waals surface area contributed by atoms with Crippen LogP contribution in [0.1, 0.15) is 44.6 Å². The molecule has 0 spiro atoms. The fourth-order valence-corrected chi connectivity index (χ4v) is 5.07. The molecule has 3 heterocycles. The Bertz CT molecular complexity index is 1170. The van der Waals surface area contributed by atoms with Crippen LogP contribution < -0.4 is 15.5 Å². The van der Waals surface area contributed by atoms with Crippen molar-refractivity contribution in [2.45, 2.75) is 56.8 Å². The van der Waals surface area contributed by atoms with Gasteiger partial charge in [0.1, 0.15) is 5.82 Å². The van der Waals surface area contributed by atoms with Gasteiger partial charge in [-0.15, -0.1) is 0 Å². The Morgan fingerprint density at radius 3 is 2.60 bits per heavy atom. The third-order valence-corrected chi connectivity index (χ3v) is 7.08. The number of aliphatic hydroxyl groups excluding tert-OH is 1. The number of aromatic nitrogens is 4. The number of amides is 2. The van der Waals surface area contributed by atoms with Gasteiger partial charge in [0.25, 0.3) is 0 Å². The first-order valence-corrected chi connectivity index (χ1v) is 12.4. The lowest BCUT2D eigenvalue weighted by Gasteiger charge is -2.33. The molecular formula is C25H33N7O3. The number of hydrogen-bond acceptors (Lipinski definition) is 7. The number of nitrogens with zero attached hydrogens (tertiary/aromatic N) is 5. The number of methoxy groups -OCH3 is 1. The second-order valence-corrected chi connectivity index (χ2v) is 9.39. The molecule has 0 bridgehead atoms. The van der Waals surface area contributed by atoms with E-state index in [1.807, 2.05) is 35.1 Å². The zero-order chi connectivity index (χ0) is 24.4. The summed E-state index contributed by atoms with van der Waals surface area (Å²) in [5.41, 5.74) is 2.38. The van der Waals surface area contributed by atoms with Gasteiger partial charge in [-0.05, 0) is 62.8 Å². The SMILES string of the molecule is CNC(=O)Nc1ccc(-c2nc(N3CCCC(OC)C3)c3cnn(C4CCC(O)CC4)c3n2)cc1. The van der Waals surface area contributed by atoms with Crippen molar-refractivity contribution in [1.29, 1.82) is 0 Å². The van der Waals surface area contributed by atoms with E-state index in [4.69, 9.17) is 19.8 Å². The summed E-state index contributed by atoms with van der Waals surface area (Å²) >= 11 is 0. The molecule has 35 heavy (non-hydrogen) atoms. The van der Waals surface area contributed by atoms with E-state index in [0.717, 1.165) is 74.0 Å². The van der Waals surface area contributed by atoms with E-state index in [9.17, 15) is 9.90 Å². The predicted octanol–water partition coefficient (Wildman–Crippen LogP) is 3.34. The van der Waals surface area contributed by atoms with E-state index in [-0.39, 0.29) is 24.3 Å². The lowest BCUT2D eigenvalue weighted by Crippen LogP contribution is -2.39. The maximum absolute atomic E-state index is 11.6. The number of carbonyl (C=O) groups is 1. The molecule has 2 fully saturated rings. The topological polar surface area (TPSA) is 117 Å². The number of hydrogen-bond donors (Lipinski definition) is 3. The van der Waals surface area contributed by atoms with Gasteiger partial charge in [0.05, 0.1) is 29.8 Å². The van der Waals surface area contributed by atoms with Gasteiger partial charge in [-0.25, -0.2) is 19.4 Å². The van der Waals surface area contributed by atoms with Crippen molar-refractivity contribution in [3.8, 4) is 11.4 Å². The molecule has 0 radical (unpaired) electrons. The zero-order valence-electron chi connectivity index (χ0n) is 20.3. The van der Waals surface area contributed by atoms with Crippen LogP contribution in [0.15, 0.2) is 30.5 Å². The zero-order valence-corrected chi connectivity index (χ0v) is 20.3. The Kier molecular flexibility index (Phi) is 6.83. The first-order valence-electron chi connectivity index (χ1n) is 12.4. The van der Waals surface area contributed by atoms with Crippen LogP contribution in [0.4, 0.5) is 16.3 Å². The van der Waals surface area contributed by atoms with Crippen molar-refractivity contribution in [2.75, 3.05) is 37.5 Å². The number of nitrogens with one attached hydrogen (secondary N) is 2. The van der Waals surface area contributed by atoms with E-state index in [1.165, 1.54) is 0 Å². The van der Waals surface area contributed by atoms with Crippen LogP contribution in [0.5, 0.6) is 0 Å². The summed E-state index contributed by atoms with van der Waals surface area (Å²) in [7, 11) is 3.35. The third kappa shape index (κ3) is 4.94. The normalized spacial score (nSPS) is 22.8. The molecule has 10 heteroatoms. The average molecular weight is 480 g/mol. The summed E-state index contributed by atoms with van der Waals surface area (Å²) in [6.45, 7) is 1.68. The van der Waals surface area contributed by atoms with Crippen molar-refractivity contribution in [2.24, 2.45) is 0 Å². The molecule has 1 atom stereocenters. The third-order valence-electron chi connectivity index (χ3n) is 7.08. The highest BCUT2D eigenvalue weighted by molar-refractivity contribution is 5.90. The number of aliphatic hydroxyl groups is 1. The van der Waals surface area contributed by atoms with Gasteiger partial charge in [-0.2, -0.15) is 5.10 Å². The number of piperidine rings is 1. The molecule has 1 aliphatic heterocycles. The maximum atomic E-state index is 11.6. The fourth-order valence-electron chi connectivity index (χ4n) is 5.07. The fraction of sp³-hybridized carbons (Fsp3) is 0.520. The molecule has 2 aromatic heterocycles. The highest BCUT2D eigenvalue weighted by Gasteiger charge is 2.27. The van der Waals surface area contributed by atoms with Crippen LogP contribution in [0.25, 0.3) is 22.4 Å². The predicted molar refractivity (Wildman–Crippen MR) is 135 cm³/mol. The van der Waals surface area contributed by atoms with Crippen LogP contribution in [0.3, 0.4) is 0 Å². The van der Waals surface area contributed by atoms with Gasteiger partial charge in [0.15, 0.2) is 11.5 Å². The molecule has 3 N–H and O–H groups in total. The number of urea groups is 1. The number of benzene rings is 1. The minimum atomic E-state index is -0.267. The number of carbonyl (C=O) groups excluding carboxylic acids is 1. The van der Waals surface area contributed by atoms with Crippen molar-refractivity contribution < 1.29 is 14.6 Å². The highest BCUT2D eigenvalue weighted by atomic mass is 16.5. The molecule has 1 saturated heterocycles. The molecule has 5 rings (SSSR count). The number of anilines is 2. The lowest BCUT2D eigenvalue weighted by atomic mass is 9.93. The van der Waals surface area contributed by atoms with E-state index < -0.39 is 0 Å². The second-order valence-electron chi connectivity index (χ2n) is 9.39. The molecule has 186 valence electrons. The van der Waals surface area contributed by atoms with Crippen molar-refractivity contribution in [3.05, 3.63) is 30.5 Å².